The lowest BCUT2D eigenvalue weighted by Crippen LogP contribution is -1.87. The maximum Gasteiger partial charge on any atom is 0.124 e. The maximum absolute atomic E-state index is 12.5. The molecule has 0 spiro atoms. The Bertz CT molecular complexity index is 596. The summed E-state index contributed by atoms with van der Waals surface area (Å²) < 4.78 is 14.6. The molecule has 0 aromatic heterocycles. The quantitative estimate of drug-likeness (QED) is 0.280. The largest absolute Gasteiger partial charge is 0.312 e. The third-order valence-electron chi connectivity index (χ3n) is 2.86. The Balaban J connectivity index is 0.000000139. The fourth-order valence-electron chi connectivity index (χ4n) is 1.84. The number of nitrogens with zero attached hydrogens (tertiary/aromatic N) is 4. The van der Waals surface area contributed by atoms with Crippen molar-refractivity contribution in [2.24, 2.45) is 5.11 Å². The number of rotatable bonds is 4. The van der Waals surface area contributed by atoms with Gasteiger partial charge in [0.05, 0.1) is 11.2 Å². The minimum absolute atomic E-state index is 0.147. The van der Waals surface area contributed by atoms with Gasteiger partial charge in [-0.1, -0.05) is 24.9 Å². The van der Waals surface area contributed by atoms with Crippen molar-refractivity contribution in [3.8, 4) is 5.69 Å². The van der Waals surface area contributed by atoms with Crippen LogP contribution in [-0.4, -0.2) is 11.1 Å². The van der Waals surface area contributed by atoms with Crippen LogP contribution in [0.5, 0.6) is 0 Å². The zero-order chi connectivity index (χ0) is 13.0. The summed E-state index contributed by atoms with van der Waals surface area (Å²) in [5.41, 5.74) is 10.1. The van der Waals surface area contributed by atoms with Crippen molar-refractivity contribution in [1.29, 1.82) is 0 Å². The molecule has 0 atom stereocenters. The van der Waals surface area contributed by atoms with Crippen molar-refractivity contribution >= 4 is 10.9 Å². The van der Waals surface area contributed by atoms with Crippen molar-refractivity contribution in [3.63, 3.8) is 0 Å². The highest BCUT2D eigenvalue weighted by Gasteiger charge is 2.22. The Labute approximate surface area is 105 Å². The third-order valence-corrected chi connectivity index (χ3v) is 2.86. The first kappa shape index (κ1) is 12.5. The molecular weight excluding hydrogens is 231 g/mol. The van der Waals surface area contributed by atoms with E-state index in [4.69, 9.17) is 5.53 Å². The minimum atomic E-state index is -0.147. The number of hydrogen-bond acceptors (Lipinski definition) is 1. The summed E-state index contributed by atoms with van der Waals surface area (Å²) in [7, 11) is 0. The molecule has 3 rings (SSSR count). The molecule has 5 heteroatoms. The molecule has 1 aromatic carbocycles. The van der Waals surface area contributed by atoms with Crippen molar-refractivity contribution in [2.75, 3.05) is 6.54 Å². The monoisotopic (exact) mass is 246 g/mol. The molecule has 4 nitrogen and oxygen atoms in total. The summed E-state index contributed by atoms with van der Waals surface area (Å²) in [6.07, 6.45) is 5.38. The molecule has 0 saturated carbocycles. The Morgan fingerprint density at radius 2 is 2.22 bits per heavy atom. The van der Waals surface area contributed by atoms with Gasteiger partial charge in [0.15, 0.2) is 0 Å². The fraction of sp³-hybridized carbons (Fsp3) is 0.385. The number of halogens is 1. The number of azide groups is 1. The molecule has 0 aliphatic carbocycles. The second-order valence-corrected chi connectivity index (χ2v) is 4.21. The van der Waals surface area contributed by atoms with Crippen LogP contribution in [0.4, 0.5) is 4.39 Å². The van der Waals surface area contributed by atoms with Gasteiger partial charge in [0.1, 0.15) is 5.82 Å². The molecule has 0 radical (unpaired) electrons. The average Bonchev–Trinajstić information content (AvgIpc) is 3.09. The van der Waals surface area contributed by atoms with Gasteiger partial charge in [-0.15, -0.1) is 0 Å². The normalized spacial score (nSPS) is 10.6. The van der Waals surface area contributed by atoms with E-state index in [2.05, 4.69) is 21.5 Å². The summed E-state index contributed by atoms with van der Waals surface area (Å²) in [6.45, 7) is 2.78. The summed E-state index contributed by atoms with van der Waals surface area (Å²) in [5, 5.41) is 4.45. The van der Waals surface area contributed by atoms with Gasteiger partial charge in [-0.3, -0.25) is 0 Å². The average molecular weight is 246 g/mol. The van der Waals surface area contributed by atoms with Crippen LogP contribution < -0.4 is 0 Å². The van der Waals surface area contributed by atoms with Gasteiger partial charge in [0.2, 0.25) is 0 Å². The second kappa shape index (κ2) is 5.56. The van der Waals surface area contributed by atoms with Crippen LogP contribution in [0.1, 0.15) is 26.2 Å². The summed E-state index contributed by atoms with van der Waals surface area (Å²) in [5.74, 6) is -0.147. The zero-order valence-corrected chi connectivity index (χ0v) is 10.3. The van der Waals surface area contributed by atoms with Crippen LogP contribution in [0.15, 0.2) is 29.5 Å². The van der Waals surface area contributed by atoms with Crippen LogP contribution in [-0.2, 0) is 0 Å². The van der Waals surface area contributed by atoms with Crippen molar-refractivity contribution in [3.05, 3.63) is 40.7 Å². The molecule has 1 aromatic rings. The molecule has 2 aliphatic heterocycles. The first-order chi connectivity index (χ1) is 8.77. The Morgan fingerprint density at radius 1 is 1.39 bits per heavy atom. The number of benzene rings is 1. The van der Waals surface area contributed by atoms with Gasteiger partial charge < -0.3 is 4.57 Å². The van der Waals surface area contributed by atoms with E-state index in [0.717, 1.165) is 17.3 Å². The lowest BCUT2D eigenvalue weighted by Gasteiger charge is -2.03. The van der Waals surface area contributed by atoms with E-state index < -0.39 is 0 Å². The van der Waals surface area contributed by atoms with E-state index in [-0.39, 0.29) is 5.82 Å². The topological polar surface area (TPSA) is 53.7 Å². The highest BCUT2D eigenvalue weighted by Crippen LogP contribution is 2.38. The predicted octanol–water partition coefficient (Wildman–Crippen LogP) is 4.57. The molecule has 18 heavy (non-hydrogen) atoms. The summed E-state index contributed by atoms with van der Waals surface area (Å²) in [6, 6.07) is 4.87. The van der Waals surface area contributed by atoms with E-state index in [9.17, 15) is 4.39 Å². The molecule has 2 aliphatic rings. The summed E-state index contributed by atoms with van der Waals surface area (Å²) >= 11 is 0. The van der Waals surface area contributed by atoms with Crippen LogP contribution >= 0.6 is 0 Å². The molecule has 0 bridgehead atoms. The van der Waals surface area contributed by atoms with Crippen molar-refractivity contribution in [2.45, 2.75) is 26.2 Å². The number of hydrogen-bond donors (Lipinski definition) is 0. The molecule has 0 unspecified atom stereocenters. The van der Waals surface area contributed by atoms with Crippen LogP contribution in [0.25, 0.3) is 27.0 Å². The molecule has 0 fully saturated rings. The molecule has 0 amide bonds. The lowest BCUT2D eigenvalue weighted by atomic mass is 10.2. The summed E-state index contributed by atoms with van der Waals surface area (Å²) in [4.78, 5) is 2.63. The predicted molar refractivity (Wildman–Crippen MR) is 70.3 cm³/mol. The van der Waals surface area contributed by atoms with E-state index in [0.29, 0.717) is 6.54 Å². The highest BCUT2D eigenvalue weighted by atomic mass is 19.1. The van der Waals surface area contributed by atoms with Crippen molar-refractivity contribution < 1.29 is 4.39 Å². The van der Waals surface area contributed by atoms with Gasteiger partial charge >= 0.3 is 0 Å². The Hall–Kier alpha value is -2.00. The van der Waals surface area contributed by atoms with Gasteiger partial charge in [-0.05, 0) is 30.2 Å². The highest BCUT2D eigenvalue weighted by molar-refractivity contribution is 6.00. The SMILES string of the molecule is CCCCCN=[N+]=[N-].Fc1ccc2c(c1)c1cn2-1. The van der Waals surface area contributed by atoms with Crippen LogP contribution in [0.3, 0.4) is 0 Å². The van der Waals surface area contributed by atoms with Crippen LogP contribution in [0, 0.1) is 5.82 Å². The van der Waals surface area contributed by atoms with Gasteiger partial charge in [-0.25, -0.2) is 4.39 Å². The standard InChI is InChI=1S/C8H4FN.C5H11N3/c9-5-1-2-7-6(3-5)8-4-10(7)8;1-2-3-4-5-7-8-6/h1-4H;2-5H2,1H3. The molecule has 0 saturated heterocycles. The maximum atomic E-state index is 12.5. The smallest absolute Gasteiger partial charge is 0.124 e. The fourth-order valence-corrected chi connectivity index (χ4v) is 1.84. The van der Waals surface area contributed by atoms with Gasteiger partial charge in [0.25, 0.3) is 0 Å². The van der Waals surface area contributed by atoms with Gasteiger partial charge in [0, 0.05) is 23.0 Å². The molecule has 2 heterocycles. The van der Waals surface area contributed by atoms with E-state index in [1.807, 2.05) is 6.20 Å². The number of aromatic nitrogens is 1. The first-order valence-corrected chi connectivity index (χ1v) is 6.09. The molecule has 0 N–H and O–H groups in total. The minimum Gasteiger partial charge on any atom is -0.312 e. The third kappa shape index (κ3) is 2.63. The van der Waals surface area contributed by atoms with E-state index in [1.165, 1.54) is 24.6 Å². The van der Waals surface area contributed by atoms with E-state index >= 15 is 0 Å². The number of unbranched alkanes of at least 4 members (excludes halogenated alkanes) is 2. The molecular formula is C13H15FN4. The van der Waals surface area contributed by atoms with Gasteiger partial charge in [-0.2, -0.15) is 0 Å². The number of fused-ring (bicyclic) bond motifs is 4. The first-order valence-electron chi connectivity index (χ1n) is 6.09. The van der Waals surface area contributed by atoms with E-state index in [1.54, 1.807) is 12.1 Å². The van der Waals surface area contributed by atoms with Crippen molar-refractivity contribution in [1.82, 2.24) is 4.57 Å². The molecule has 94 valence electrons. The second-order valence-electron chi connectivity index (χ2n) is 4.21. The zero-order valence-electron chi connectivity index (χ0n) is 10.3. The Morgan fingerprint density at radius 3 is 2.94 bits per heavy atom. The lowest BCUT2D eigenvalue weighted by molar-refractivity contribution is 0.629. The van der Waals surface area contributed by atoms with Crippen LogP contribution in [0.2, 0.25) is 0 Å². The Kier molecular flexibility index (Phi) is 3.85.